The highest BCUT2D eigenvalue weighted by molar-refractivity contribution is 5.88. The fraction of sp³-hybridized carbons (Fsp3) is 0.781. The lowest BCUT2D eigenvalue weighted by atomic mass is 10.3. The second-order valence-electron chi connectivity index (χ2n) is 9.53. The summed E-state index contributed by atoms with van der Waals surface area (Å²) in [5.41, 5.74) is 0.733. The first-order chi connectivity index (χ1) is 22.2. The van der Waals surface area contributed by atoms with Gasteiger partial charge in [0.15, 0.2) is 0 Å². The van der Waals surface area contributed by atoms with Crippen molar-refractivity contribution in [3.05, 3.63) is 24.3 Å². The Kier molecular flexibility index (Phi) is 30.6. The second kappa shape index (κ2) is 33.5. The van der Waals surface area contributed by atoms with E-state index in [0.717, 1.165) is 30.9 Å². The van der Waals surface area contributed by atoms with E-state index in [4.69, 9.17) is 52.1 Å². The Labute approximate surface area is 269 Å². The predicted octanol–water partition coefficient (Wildman–Crippen LogP) is 2.99. The third-order valence-corrected chi connectivity index (χ3v) is 5.66. The Balaban J connectivity index is 1.66. The van der Waals surface area contributed by atoms with Gasteiger partial charge in [0.1, 0.15) is 12.4 Å². The summed E-state index contributed by atoms with van der Waals surface area (Å²) in [6.45, 7) is 14.7. The summed E-state index contributed by atoms with van der Waals surface area (Å²) in [6, 6.07) is 7.18. The van der Waals surface area contributed by atoms with Crippen molar-refractivity contribution >= 4 is 11.6 Å². The number of hydrogen-bond donors (Lipinski definition) is 1. The van der Waals surface area contributed by atoms with Gasteiger partial charge in [-0.2, -0.15) is 0 Å². The minimum atomic E-state index is -0.107. The first kappa shape index (κ1) is 41.1. The van der Waals surface area contributed by atoms with Crippen molar-refractivity contribution in [3.63, 3.8) is 0 Å². The highest BCUT2D eigenvalue weighted by Gasteiger charge is 1.99. The van der Waals surface area contributed by atoms with E-state index in [0.29, 0.717) is 132 Å². The number of amides is 1. The Morgan fingerprint density at radius 1 is 0.467 bits per heavy atom. The Morgan fingerprint density at radius 3 is 1.04 bits per heavy atom. The Hall–Kier alpha value is -1.91. The van der Waals surface area contributed by atoms with Crippen LogP contribution in [0, 0.1) is 0 Å². The average Bonchev–Trinajstić information content (AvgIpc) is 3.04. The molecule has 0 aliphatic carbocycles. The summed E-state index contributed by atoms with van der Waals surface area (Å²) in [6.07, 6.45) is 2.24. The minimum Gasteiger partial charge on any atom is -0.491 e. The molecule has 0 heterocycles. The third kappa shape index (κ3) is 30.5. The fourth-order valence-corrected chi connectivity index (χ4v) is 3.38. The van der Waals surface area contributed by atoms with Crippen LogP contribution in [0.3, 0.4) is 0 Å². The van der Waals surface area contributed by atoms with Crippen LogP contribution in [0.25, 0.3) is 0 Å². The highest BCUT2D eigenvalue weighted by Crippen LogP contribution is 2.15. The van der Waals surface area contributed by atoms with Gasteiger partial charge in [-0.15, -0.1) is 0 Å². The van der Waals surface area contributed by atoms with Crippen molar-refractivity contribution in [2.24, 2.45) is 0 Å². The molecule has 1 aromatic rings. The quantitative estimate of drug-likeness (QED) is 0.109. The molecule has 0 radical (unpaired) electrons. The summed E-state index contributed by atoms with van der Waals surface area (Å²) >= 11 is 0. The number of carbonyl (C=O) groups is 1. The maximum Gasteiger partial charge on any atom is 0.221 e. The molecule has 0 atom stereocenters. The first-order valence-corrected chi connectivity index (χ1v) is 16.0. The topological polar surface area (TPSA) is 131 Å². The van der Waals surface area contributed by atoms with Gasteiger partial charge in [0.05, 0.1) is 126 Å². The van der Waals surface area contributed by atoms with Crippen LogP contribution in [0.4, 0.5) is 5.69 Å². The van der Waals surface area contributed by atoms with Gasteiger partial charge in [-0.05, 0) is 30.7 Å². The van der Waals surface area contributed by atoms with E-state index < -0.39 is 0 Å². The lowest BCUT2D eigenvalue weighted by molar-refractivity contribution is -0.114. The van der Waals surface area contributed by atoms with E-state index in [9.17, 15) is 4.79 Å². The van der Waals surface area contributed by atoms with Crippen LogP contribution in [-0.2, 0) is 52.2 Å². The van der Waals surface area contributed by atoms with Crippen molar-refractivity contribution in [2.45, 2.75) is 26.7 Å². The van der Waals surface area contributed by atoms with Gasteiger partial charge in [-0.25, -0.2) is 0 Å². The van der Waals surface area contributed by atoms with Crippen molar-refractivity contribution < 1.29 is 56.9 Å². The van der Waals surface area contributed by atoms with Gasteiger partial charge in [0.25, 0.3) is 0 Å². The molecule has 0 bridgehead atoms. The molecular weight excluding hydrogens is 590 g/mol. The van der Waals surface area contributed by atoms with Gasteiger partial charge in [0.2, 0.25) is 5.91 Å². The molecule has 262 valence electrons. The zero-order chi connectivity index (χ0) is 32.3. The predicted molar refractivity (Wildman–Crippen MR) is 169 cm³/mol. The van der Waals surface area contributed by atoms with Crippen LogP contribution in [0.5, 0.6) is 5.75 Å². The molecule has 1 amide bonds. The van der Waals surface area contributed by atoms with Crippen molar-refractivity contribution in [3.8, 4) is 5.75 Å². The normalized spacial score (nSPS) is 11.2. The summed E-state index contributed by atoms with van der Waals surface area (Å²) in [4.78, 5) is 11.0. The molecule has 1 rings (SSSR count). The average molecular weight is 648 g/mol. The summed E-state index contributed by atoms with van der Waals surface area (Å²) < 4.78 is 60.3. The smallest absolute Gasteiger partial charge is 0.221 e. The van der Waals surface area contributed by atoms with E-state index in [1.54, 1.807) is 24.3 Å². The van der Waals surface area contributed by atoms with Gasteiger partial charge < -0.3 is 57.4 Å². The number of benzene rings is 1. The molecule has 0 fully saturated rings. The summed E-state index contributed by atoms with van der Waals surface area (Å²) in [5, 5.41) is 2.71. The Bertz CT molecular complexity index is 756. The fourth-order valence-electron chi connectivity index (χ4n) is 3.38. The number of unbranched alkanes of at least 4 members (excludes halogenated alkanes) is 1. The van der Waals surface area contributed by atoms with E-state index in [2.05, 4.69) is 12.2 Å². The number of ether oxygens (including phenoxy) is 11. The van der Waals surface area contributed by atoms with Crippen LogP contribution in [-0.4, -0.2) is 145 Å². The highest BCUT2D eigenvalue weighted by atomic mass is 16.6. The molecule has 0 spiro atoms. The number of carbonyl (C=O) groups excluding carboxylic acids is 1. The van der Waals surface area contributed by atoms with Crippen molar-refractivity contribution in [1.29, 1.82) is 0 Å². The number of hydrogen-bond acceptors (Lipinski definition) is 12. The van der Waals surface area contributed by atoms with Gasteiger partial charge in [-0.1, -0.05) is 13.3 Å². The first-order valence-electron chi connectivity index (χ1n) is 16.0. The van der Waals surface area contributed by atoms with Crippen LogP contribution in [0.1, 0.15) is 26.7 Å². The molecule has 0 saturated carbocycles. The lowest BCUT2D eigenvalue weighted by Crippen LogP contribution is -2.15. The molecule has 0 aromatic heterocycles. The van der Waals surface area contributed by atoms with E-state index in [1.807, 2.05) is 0 Å². The minimum absolute atomic E-state index is 0.107. The van der Waals surface area contributed by atoms with Crippen LogP contribution >= 0.6 is 0 Å². The summed E-state index contributed by atoms with van der Waals surface area (Å²) in [5.74, 6) is 0.612. The lowest BCUT2D eigenvalue weighted by Gasteiger charge is -2.09. The number of anilines is 1. The van der Waals surface area contributed by atoms with Gasteiger partial charge in [-0.3, -0.25) is 4.79 Å². The maximum atomic E-state index is 11.0. The molecule has 0 unspecified atom stereocenters. The molecule has 13 nitrogen and oxygen atoms in total. The molecule has 0 aliphatic heterocycles. The number of nitrogens with one attached hydrogen (secondary N) is 1. The van der Waals surface area contributed by atoms with E-state index in [-0.39, 0.29) is 5.91 Å². The summed E-state index contributed by atoms with van der Waals surface area (Å²) in [7, 11) is 0. The van der Waals surface area contributed by atoms with Crippen molar-refractivity contribution in [1.82, 2.24) is 0 Å². The van der Waals surface area contributed by atoms with Gasteiger partial charge >= 0.3 is 0 Å². The molecule has 1 aromatic carbocycles. The molecule has 1 N–H and O–H groups in total. The van der Waals surface area contributed by atoms with E-state index >= 15 is 0 Å². The SMILES string of the molecule is CCCCOCCOCCOCCOCCOCCOCCOCCOCCOCCOCCOc1ccc(NC(C)=O)cc1. The number of rotatable bonds is 35. The zero-order valence-corrected chi connectivity index (χ0v) is 27.5. The zero-order valence-electron chi connectivity index (χ0n) is 27.5. The van der Waals surface area contributed by atoms with Crippen molar-refractivity contribution in [2.75, 3.05) is 144 Å². The molecule has 0 aliphatic rings. The molecule has 45 heavy (non-hydrogen) atoms. The molecular formula is C32H57NO12. The largest absolute Gasteiger partial charge is 0.491 e. The van der Waals surface area contributed by atoms with E-state index in [1.165, 1.54) is 6.92 Å². The maximum absolute atomic E-state index is 11.0. The molecule has 13 heteroatoms. The molecule has 0 saturated heterocycles. The van der Waals surface area contributed by atoms with Crippen LogP contribution in [0.2, 0.25) is 0 Å². The van der Waals surface area contributed by atoms with Crippen LogP contribution < -0.4 is 10.1 Å². The van der Waals surface area contributed by atoms with Crippen LogP contribution in [0.15, 0.2) is 24.3 Å². The second-order valence-corrected chi connectivity index (χ2v) is 9.53. The Morgan fingerprint density at radius 2 is 0.756 bits per heavy atom. The third-order valence-electron chi connectivity index (χ3n) is 5.66. The monoisotopic (exact) mass is 647 g/mol. The van der Waals surface area contributed by atoms with Gasteiger partial charge in [0, 0.05) is 19.2 Å². The standard InChI is InChI=1S/C32H57NO12/c1-3-4-9-35-10-11-36-12-13-37-14-15-38-16-17-39-18-19-40-20-21-41-22-23-42-24-25-43-26-27-44-28-29-45-32-7-5-31(6-8-32)33-30(2)34/h5-8H,3-4,9-29H2,1-2H3,(H,33,34).